The minimum absolute atomic E-state index is 0.277. The summed E-state index contributed by atoms with van der Waals surface area (Å²) < 4.78 is 5.93. The summed E-state index contributed by atoms with van der Waals surface area (Å²) in [6.07, 6.45) is 6.54. The SMILES string of the molecule is COc1cccc2c1C1(OOC13C1CC4CC(C1)CC3C4)c1ccccc1N2C. The van der Waals surface area contributed by atoms with Gasteiger partial charge < -0.3 is 9.64 Å². The van der Waals surface area contributed by atoms with Crippen LogP contribution in [0.3, 0.4) is 0 Å². The molecular formula is C25H27NO3. The molecule has 6 aliphatic rings. The molecule has 1 saturated heterocycles. The number of benzene rings is 2. The van der Waals surface area contributed by atoms with Crippen LogP contribution in [0.5, 0.6) is 5.75 Å². The van der Waals surface area contributed by atoms with Gasteiger partial charge in [0.1, 0.15) is 11.4 Å². The number of hydrogen-bond donors (Lipinski definition) is 0. The van der Waals surface area contributed by atoms with Gasteiger partial charge >= 0.3 is 0 Å². The minimum Gasteiger partial charge on any atom is -0.496 e. The molecule has 1 unspecified atom stereocenters. The number of anilines is 2. The summed E-state index contributed by atoms with van der Waals surface area (Å²) in [5.74, 6) is 3.77. The lowest BCUT2D eigenvalue weighted by Gasteiger charge is -2.70. The molecule has 1 atom stereocenters. The highest BCUT2D eigenvalue weighted by atomic mass is 17.3. The first-order valence-electron chi connectivity index (χ1n) is 11.1. The van der Waals surface area contributed by atoms with E-state index in [0.717, 1.165) is 23.1 Å². The van der Waals surface area contributed by atoms with Crippen LogP contribution in [-0.2, 0) is 15.4 Å². The summed E-state index contributed by atoms with van der Waals surface area (Å²) in [5, 5.41) is 0. The molecule has 0 amide bonds. The molecule has 2 aromatic rings. The number of nitrogens with zero attached hydrogens (tertiary/aromatic N) is 1. The molecule has 4 bridgehead atoms. The van der Waals surface area contributed by atoms with E-state index in [2.05, 4.69) is 54.4 Å². The van der Waals surface area contributed by atoms with Crippen LogP contribution in [0.2, 0.25) is 0 Å². The van der Waals surface area contributed by atoms with E-state index in [0.29, 0.717) is 11.8 Å². The molecule has 0 N–H and O–H groups in total. The van der Waals surface area contributed by atoms with Crippen molar-refractivity contribution in [3.05, 3.63) is 53.6 Å². The van der Waals surface area contributed by atoms with E-state index in [1.165, 1.54) is 49.0 Å². The highest BCUT2D eigenvalue weighted by molar-refractivity contribution is 5.80. The van der Waals surface area contributed by atoms with Gasteiger partial charge in [0, 0.05) is 18.3 Å². The third kappa shape index (κ3) is 1.72. The Labute approximate surface area is 171 Å². The first-order valence-corrected chi connectivity index (χ1v) is 11.1. The van der Waals surface area contributed by atoms with E-state index < -0.39 is 5.60 Å². The predicted molar refractivity (Wildman–Crippen MR) is 110 cm³/mol. The van der Waals surface area contributed by atoms with Crippen LogP contribution in [0, 0.1) is 23.7 Å². The fraction of sp³-hybridized carbons (Fsp3) is 0.520. The Morgan fingerprint density at radius 1 is 0.862 bits per heavy atom. The fourth-order valence-corrected chi connectivity index (χ4v) is 7.96. The molecule has 2 aliphatic heterocycles. The van der Waals surface area contributed by atoms with E-state index in [1.807, 2.05) is 0 Å². The van der Waals surface area contributed by atoms with Crippen molar-refractivity contribution in [3.8, 4) is 5.75 Å². The number of fused-ring (bicyclic) bond motifs is 4. The Morgan fingerprint density at radius 3 is 2.21 bits per heavy atom. The first-order chi connectivity index (χ1) is 14.2. The molecule has 8 rings (SSSR count). The molecule has 2 heterocycles. The van der Waals surface area contributed by atoms with Gasteiger partial charge in [0.05, 0.1) is 18.4 Å². The molecule has 150 valence electrons. The predicted octanol–water partition coefficient (Wildman–Crippen LogP) is 5.18. The summed E-state index contributed by atoms with van der Waals surface area (Å²) in [6, 6.07) is 15.1. The Bertz CT molecular complexity index is 989. The van der Waals surface area contributed by atoms with Crippen molar-refractivity contribution < 1.29 is 14.5 Å². The van der Waals surface area contributed by atoms with Crippen molar-refractivity contribution in [2.45, 2.75) is 43.3 Å². The second-order valence-electron chi connectivity index (χ2n) is 9.88. The quantitative estimate of drug-likeness (QED) is 0.629. The van der Waals surface area contributed by atoms with Gasteiger partial charge in [-0.15, -0.1) is 0 Å². The third-order valence-corrected chi connectivity index (χ3v) is 8.79. The second-order valence-corrected chi connectivity index (χ2v) is 9.88. The van der Waals surface area contributed by atoms with Gasteiger partial charge in [-0.3, -0.25) is 0 Å². The van der Waals surface area contributed by atoms with Gasteiger partial charge in [0.2, 0.25) is 0 Å². The summed E-state index contributed by atoms with van der Waals surface area (Å²) >= 11 is 0. The first kappa shape index (κ1) is 16.7. The normalized spacial score (nSPS) is 40.7. The third-order valence-electron chi connectivity index (χ3n) is 8.79. The largest absolute Gasteiger partial charge is 0.496 e. The number of ether oxygens (including phenoxy) is 1. The molecule has 0 radical (unpaired) electrons. The van der Waals surface area contributed by atoms with Gasteiger partial charge in [-0.2, -0.15) is 0 Å². The van der Waals surface area contributed by atoms with Crippen LogP contribution in [0.1, 0.15) is 43.2 Å². The summed E-state index contributed by atoms with van der Waals surface area (Å²) in [4.78, 5) is 15.0. The minimum atomic E-state index is -0.583. The molecule has 0 aromatic heterocycles. The van der Waals surface area contributed by atoms with Gasteiger partial charge in [0.15, 0.2) is 5.60 Å². The summed E-state index contributed by atoms with van der Waals surface area (Å²) in [5.41, 5.74) is 3.91. The maximum atomic E-state index is 6.38. The van der Waals surface area contributed by atoms with E-state index in [1.54, 1.807) is 7.11 Å². The van der Waals surface area contributed by atoms with Crippen molar-refractivity contribution in [2.75, 3.05) is 19.1 Å². The molecule has 2 aromatic carbocycles. The van der Waals surface area contributed by atoms with Crippen LogP contribution < -0.4 is 9.64 Å². The van der Waals surface area contributed by atoms with Crippen molar-refractivity contribution in [1.29, 1.82) is 0 Å². The Hall–Kier alpha value is -2.04. The Balaban J connectivity index is 1.54. The van der Waals surface area contributed by atoms with Crippen molar-refractivity contribution >= 4 is 11.4 Å². The standard InChI is InChI=1S/C25H27NO3/c1-26-20-7-4-3-6-19(20)25(23-21(26)8-5-9-22(23)27-2)24(28-29-25)17-11-15-10-16(13-17)14-18(24)12-15/h3-9,15-18H,10-14H2,1-2H3. The molecule has 5 fully saturated rings. The van der Waals surface area contributed by atoms with E-state index in [9.17, 15) is 0 Å². The molecule has 29 heavy (non-hydrogen) atoms. The zero-order valence-electron chi connectivity index (χ0n) is 17.1. The lowest BCUT2D eigenvalue weighted by molar-refractivity contribution is -0.583. The van der Waals surface area contributed by atoms with Crippen LogP contribution in [0.4, 0.5) is 11.4 Å². The molecule has 2 spiro atoms. The molecule has 4 heteroatoms. The fourth-order valence-electron chi connectivity index (χ4n) is 7.96. The summed E-state index contributed by atoms with van der Waals surface area (Å²) in [6.45, 7) is 0. The average Bonchev–Trinajstić information content (AvgIpc) is 2.72. The van der Waals surface area contributed by atoms with Crippen LogP contribution in [-0.4, -0.2) is 19.8 Å². The van der Waals surface area contributed by atoms with E-state index in [-0.39, 0.29) is 5.60 Å². The Kier molecular flexibility index (Phi) is 3.09. The Morgan fingerprint density at radius 2 is 1.55 bits per heavy atom. The van der Waals surface area contributed by atoms with Crippen LogP contribution in [0.25, 0.3) is 0 Å². The summed E-state index contributed by atoms with van der Waals surface area (Å²) in [7, 11) is 3.92. The van der Waals surface area contributed by atoms with Crippen molar-refractivity contribution in [3.63, 3.8) is 0 Å². The van der Waals surface area contributed by atoms with Crippen LogP contribution in [0.15, 0.2) is 42.5 Å². The number of methoxy groups -OCH3 is 1. The topological polar surface area (TPSA) is 30.9 Å². The highest BCUT2D eigenvalue weighted by Gasteiger charge is 2.78. The number of para-hydroxylation sites is 1. The maximum absolute atomic E-state index is 6.38. The maximum Gasteiger partial charge on any atom is 0.193 e. The number of hydrogen-bond acceptors (Lipinski definition) is 4. The van der Waals surface area contributed by atoms with E-state index >= 15 is 0 Å². The van der Waals surface area contributed by atoms with Crippen LogP contribution >= 0.6 is 0 Å². The molecular weight excluding hydrogens is 362 g/mol. The zero-order chi connectivity index (χ0) is 19.4. The van der Waals surface area contributed by atoms with Crippen molar-refractivity contribution in [1.82, 2.24) is 0 Å². The zero-order valence-corrected chi connectivity index (χ0v) is 17.1. The van der Waals surface area contributed by atoms with Crippen molar-refractivity contribution in [2.24, 2.45) is 23.7 Å². The molecule has 4 nitrogen and oxygen atoms in total. The van der Waals surface area contributed by atoms with Gasteiger partial charge in [0.25, 0.3) is 0 Å². The number of rotatable bonds is 1. The lowest BCUT2D eigenvalue weighted by Crippen LogP contribution is -2.76. The van der Waals surface area contributed by atoms with Gasteiger partial charge in [-0.1, -0.05) is 24.3 Å². The average molecular weight is 389 g/mol. The van der Waals surface area contributed by atoms with Gasteiger partial charge in [-0.05, 0) is 74.0 Å². The van der Waals surface area contributed by atoms with E-state index in [4.69, 9.17) is 14.5 Å². The lowest BCUT2D eigenvalue weighted by atomic mass is 9.44. The monoisotopic (exact) mass is 389 g/mol. The highest BCUT2D eigenvalue weighted by Crippen LogP contribution is 2.73. The molecule has 4 saturated carbocycles. The second kappa shape index (κ2) is 5.35. The smallest absolute Gasteiger partial charge is 0.193 e. The molecule has 4 aliphatic carbocycles. The van der Waals surface area contributed by atoms with Gasteiger partial charge in [-0.25, -0.2) is 9.78 Å².